The van der Waals surface area contributed by atoms with E-state index in [-0.39, 0.29) is 24.8 Å². The largest absolute Gasteiger partial charge is 1.00 e. The standard InChI is InChI=1S/2C9H7.2C9H13.2C8H8.2ClH.2Zr/c2*1-2-5-9-7-3-6-8(9)4-1;2*1-9(2,3)8-6-4-5-7-8;2*1-2-8-6-4-3-5-7-8;;;;/h2*1-7H;2*6-7H,4H2,1-3H3;2*3-7H,1H3;2*1H;;/q4*-1;;;;;2*+2/p-2. The Hall–Kier alpha value is -2.85. The van der Waals surface area contributed by atoms with Gasteiger partial charge in [-0.3, -0.25) is 12.2 Å². The molecule has 0 fully saturated rings. The first-order valence-electron chi connectivity index (χ1n) is 18.7. The third-order valence-electron chi connectivity index (χ3n) is 8.64. The fourth-order valence-corrected chi connectivity index (χ4v) is 6.17. The summed E-state index contributed by atoms with van der Waals surface area (Å²) in [6, 6.07) is 50.3. The van der Waals surface area contributed by atoms with Crippen LogP contribution in [0.1, 0.15) is 79.4 Å². The minimum Gasteiger partial charge on any atom is -1.00 e. The summed E-state index contributed by atoms with van der Waals surface area (Å²) in [6.07, 6.45) is 17.0. The van der Waals surface area contributed by atoms with Crippen molar-refractivity contribution < 1.29 is 73.3 Å². The van der Waals surface area contributed by atoms with Gasteiger partial charge in [-0.1, -0.05) is 64.5 Å². The Balaban J connectivity index is 0.000000334. The molecule has 0 radical (unpaired) electrons. The van der Waals surface area contributed by atoms with Crippen LogP contribution in [0.4, 0.5) is 0 Å². The van der Waals surface area contributed by atoms with Crippen LogP contribution in [-0.4, -0.2) is 6.41 Å². The predicted molar refractivity (Wildman–Crippen MR) is 231 cm³/mol. The molecule has 56 heavy (non-hydrogen) atoms. The minimum absolute atomic E-state index is 0. The molecule has 0 nitrogen and oxygen atoms in total. The van der Waals surface area contributed by atoms with E-state index in [0.717, 1.165) is 12.8 Å². The first-order chi connectivity index (χ1) is 25.8. The van der Waals surface area contributed by atoms with E-state index >= 15 is 0 Å². The van der Waals surface area contributed by atoms with Crippen molar-refractivity contribution in [1.29, 1.82) is 0 Å². The van der Waals surface area contributed by atoms with Gasteiger partial charge in [-0.25, -0.2) is 12.2 Å². The van der Waals surface area contributed by atoms with Gasteiger partial charge in [0.15, 0.2) is 0 Å². The Morgan fingerprint density at radius 2 is 0.804 bits per heavy atom. The van der Waals surface area contributed by atoms with Crippen molar-refractivity contribution in [3.05, 3.63) is 204 Å². The number of halogens is 2. The topological polar surface area (TPSA) is 0 Å². The smallest absolute Gasteiger partial charge is 0.0809 e. The summed E-state index contributed by atoms with van der Waals surface area (Å²) in [4.78, 5) is 0. The van der Waals surface area contributed by atoms with Crippen molar-refractivity contribution in [3.63, 3.8) is 0 Å². The normalized spacial score (nSPS) is 12.1. The first kappa shape index (κ1) is 51.2. The van der Waals surface area contributed by atoms with E-state index in [1.165, 1.54) is 98.7 Å². The summed E-state index contributed by atoms with van der Waals surface area (Å²) in [6.45, 7) is 17.7. The second-order valence-corrected chi connectivity index (χ2v) is 18.9. The van der Waals surface area contributed by atoms with Crippen molar-refractivity contribution in [2.24, 2.45) is 10.8 Å². The van der Waals surface area contributed by atoms with Crippen molar-refractivity contribution in [3.8, 4) is 0 Å². The predicted octanol–water partition coefficient (Wildman–Crippen LogP) is 8.12. The van der Waals surface area contributed by atoms with Crippen molar-refractivity contribution in [2.45, 2.75) is 68.2 Å². The molecule has 2 aliphatic carbocycles. The molecular formula is C52H56Cl2Zr2-2. The molecule has 8 rings (SSSR count). The monoisotopic (exact) mass is 930 g/mol. The second kappa shape index (κ2) is 26.9. The van der Waals surface area contributed by atoms with Gasteiger partial charge in [0, 0.05) is 0 Å². The molecule has 0 saturated carbocycles. The second-order valence-electron chi connectivity index (χ2n) is 15.2. The molecule has 0 bridgehead atoms. The van der Waals surface area contributed by atoms with E-state index in [9.17, 15) is 0 Å². The average molecular weight is 934 g/mol. The van der Waals surface area contributed by atoms with Crippen LogP contribution in [0.3, 0.4) is 0 Å². The molecule has 0 unspecified atom stereocenters. The van der Waals surface area contributed by atoms with Gasteiger partial charge in [-0.05, 0) is 0 Å². The van der Waals surface area contributed by atoms with Gasteiger partial charge in [0.25, 0.3) is 0 Å². The molecule has 288 valence electrons. The van der Waals surface area contributed by atoms with Crippen molar-refractivity contribution >= 4 is 28.0 Å². The van der Waals surface area contributed by atoms with Crippen LogP contribution < -0.4 is 24.8 Å². The van der Waals surface area contributed by atoms with Crippen LogP contribution in [0.15, 0.2) is 181 Å². The van der Waals surface area contributed by atoms with Crippen LogP contribution in [0.2, 0.25) is 0 Å². The van der Waals surface area contributed by atoms with Gasteiger partial charge in [0.05, 0.1) is 0 Å². The number of hydrogen-bond donors (Lipinski definition) is 0. The molecule has 0 spiro atoms. The zero-order valence-electron chi connectivity index (χ0n) is 34.3. The van der Waals surface area contributed by atoms with E-state index in [2.05, 4.69) is 225 Å². The van der Waals surface area contributed by atoms with E-state index in [4.69, 9.17) is 0 Å². The molecule has 0 saturated heterocycles. The molecule has 2 aliphatic rings. The summed E-state index contributed by atoms with van der Waals surface area (Å²) in [7, 11) is 0. The fraction of sp³-hybridized carbons (Fsp3) is 0.231. The summed E-state index contributed by atoms with van der Waals surface area (Å²) < 4.78 is 2.92. The maximum Gasteiger partial charge on any atom is -0.0809 e. The Morgan fingerprint density at radius 3 is 1.04 bits per heavy atom. The molecule has 6 aromatic rings. The van der Waals surface area contributed by atoms with Gasteiger partial charge in [-0.2, -0.15) is 58.3 Å². The first-order valence-corrected chi connectivity index (χ1v) is 21.2. The minimum atomic E-state index is 0. The summed E-state index contributed by atoms with van der Waals surface area (Å²) >= 11 is 3.01. The third-order valence-corrected chi connectivity index (χ3v) is 10.1. The van der Waals surface area contributed by atoms with E-state index < -0.39 is 0 Å². The van der Waals surface area contributed by atoms with Crippen LogP contribution in [-0.2, 0) is 48.5 Å². The third kappa shape index (κ3) is 19.5. The maximum atomic E-state index is 3.16. The molecule has 0 aromatic heterocycles. The summed E-state index contributed by atoms with van der Waals surface area (Å²) in [5.74, 6) is 0. The van der Waals surface area contributed by atoms with Crippen LogP contribution >= 0.6 is 0 Å². The molecule has 0 aliphatic heterocycles. The maximum absolute atomic E-state index is 3.16. The molecule has 4 heteroatoms. The Labute approximate surface area is 381 Å². The van der Waals surface area contributed by atoms with E-state index in [1.807, 2.05) is 12.1 Å². The van der Waals surface area contributed by atoms with Crippen LogP contribution in [0.25, 0.3) is 21.5 Å². The molecule has 0 atom stereocenters. The number of rotatable bonds is 2. The molecule has 0 N–H and O–H groups in total. The Morgan fingerprint density at radius 1 is 0.482 bits per heavy atom. The van der Waals surface area contributed by atoms with Gasteiger partial charge < -0.3 is 24.8 Å². The van der Waals surface area contributed by atoms with Gasteiger partial charge in [0.1, 0.15) is 0 Å². The van der Waals surface area contributed by atoms with E-state index in [0.29, 0.717) is 10.8 Å². The van der Waals surface area contributed by atoms with Crippen LogP contribution in [0, 0.1) is 23.0 Å². The van der Waals surface area contributed by atoms with Gasteiger partial charge >= 0.3 is 141 Å². The Bertz CT molecular complexity index is 1910. The summed E-state index contributed by atoms with van der Waals surface area (Å²) in [5, 5.41) is 5.32. The Kier molecular flexibility index (Phi) is 24.6. The molecule has 6 aromatic carbocycles. The average Bonchev–Trinajstić information content (AvgIpc) is 4.01. The SMILES string of the molecule is CC(C)(C)C1=CC[C-]=C1.CC(C)(C)C1=CC[C-]=C1.C[C](=[Zr+2])c1ccccc1.C[C](=[Zr+2])c1ccccc1.[Cl-].[Cl-].c1ccc2[cH-]ccc2c1.c1ccc2[cH-]ccc2c1. The zero-order chi connectivity index (χ0) is 39.4. The molecule has 0 amide bonds. The number of fused-ring (bicyclic) bond motifs is 2. The molecule has 0 heterocycles. The quantitative estimate of drug-likeness (QED) is 0.154. The van der Waals surface area contributed by atoms with Gasteiger partial charge in [0.2, 0.25) is 0 Å². The van der Waals surface area contributed by atoms with Gasteiger partial charge in [-0.15, -0.1) is 72.1 Å². The number of hydrogen-bond acceptors (Lipinski definition) is 0. The summed E-state index contributed by atoms with van der Waals surface area (Å²) in [5.41, 5.74) is 6.23. The van der Waals surface area contributed by atoms with Crippen molar-refractivity contribution in [1.82, 2.24) is 0 Å². The van der Waals surface area contributed by atoms with Crippen molar-refractivity contribution in [2.75, 3.05) is 0 Å². The van der Waals surface area contributed by atoms with E-state index in [1.54, 1.807) is 0 Å². The van der Waals surface area contributed by atoms with Crippen LogP contribution in [0.5, 0.6) is 0 Å². The zero-order valence-corrected chi connectivity index (χ0v) is 40.8. The fourth-order valence-electron chi connectivity index (χ4n) is 5.35. The number of benzene rings is 4. The molecular weight excluding hydrogens is 878 g/mol. The number of allylic oxidation sites excluding steroid dienone is 8.